The van der Waals surface area contributed by atoms with Crippen molar-refractivity contribution in [1.29, 1.82) is 0 Å². The molecular formula is C14H19NO3. The Morgan fingerprint density at radius 1 is 1.22 bits per heavy atom. The summed E-state index contributed by atoms with van der Waals surface area (Å²) in [6.07, 6.45) is -0.485. The molecular weight excluding hydrogens is 230 g/mol. The van der Waals surface area contributed by atoms with Gasteiger partial charge in [-0.1, -0.05) is 30.3 Å². The molecule has 0 saturated carbocycles. The van der Waals surface area contributed by atoms with E-state index >= 15 is 0 Å². The highest BCUT2D eigenvalue weighted by Crippen LogP contribution is 2.41. The molecule has 0 unspecified atom stereocenters. The van der Waals surface area contributed by atoms with Crippen LogP contribution in [0, 0.1) is 0 Å². The first kappa shape index (κ1) is 12.9. The lowest BCUT2D eigenvalue weighted by Crippen LogP contribution is -2.54. The number of nitrogens with zero attached hydrogens (tertiary/aromatic N) is 1. The number of aliphatic hydroxyl groups is 1. The number of carbonyl (C=O) groups excluding carboxylic acids is 1. The number of cyclic esters (lactones) is 1. The fourth-order valence-electron chi connectivity index (χ4n) is 2.25. The topological polar surface area (TPSA) is 49.8 Å². The van der Waals surface area contributed by atoms with Gasteiger partial charge in [0.2, 0.25) is 0 Å². The lowest BCUT2D eigenvalue weighted by Gasteiger charge is -2.38. The van der Waals surface area contributed by atoms with Gasteiger partial charge in [0.15, 0.2) is 11.3 Å². The molecule has 1 fully saturated rings. The molecule has 18 heavy (non-hydrogen) atoms. The first-order chi connectivity index (χ1) is 8.27. The predicted molar refractivity (Wildman–Crippen MR) is 67.9 cm³/mol. The van der Waals surface area contributed by atoms with Gasteiger partial charge in [-0.25, -0.2) is 4.79 Å². The van der Waals surface area contributed by atoms with E-state index in [0.717, 1.165) is 5.56 Å². The summed E-state index contributed by atoms with van der Waals surface area (Å²) in [4.78, 5) is 13.4. The summed E-state index contributed by atoms with van der Waals surface area (Å²) in [5.41, 5.74) is -1.29. The van der Waals surface area contributed by atoms with Crippen molar-refractivity contribution in [2.75, 3.05) is 0 Å². The quantitative estimate of drug-likeness (QED) is 0.876. The Morgan fingerprint density at radius 2 is 1.78 bits per heavy atom. The molecule has 1 aliphatic heterocycles. The molecule has 98 valence electrons. The fraction of sp³-hybridized carbons (Fsp3) is 0.500. The third-order valence-corrected chi connectivity index (χ3v) is 3.82. The second kappa shape index (κ2) is 3.99. The van der Waals surface area contributed by atoms with Gasteiger partial charge in [0.1, 0.15) is 0 Å². The van der Waals surface area contributed by atoms with E-state index in [1.807, 2.05) is 37.3 Å². The van der Waals surface area contributed by atoms with Crippen molar-refractivity contribution in [1.82, 2.24) is 4.90 Å². The fourth-order valence-corrected chi connectivity index (χ4v) is 2.25. The molecule has 1 amide bonds. The highest BCUT2D eigenvalue weighted by molar-refractivity contribution is 5.72. The van der Waals surface area contributed by atoms with Gasteiger partial charge < -0.3 is 9.84 Å². The maximum absolute atomic E-state index is 12.0. The standard InChI is InChI=1S/C14H19NO3/c1-10(11-8-6-5-7-9-11)15-12(16)18-13(2,3)14(15,4)17/h5-10,17H,1-4H3/t10-,14+/m1/s1. The van der Waals surface area contributed by atoms with E-state index in [2.05, 4.69) is 0 Å². The number of benzene rings is 1. The Hall–Kier alpha value is -1.55. The van der Waals surface area contributed by atoms with Gasteiger partial charge in [-0.15, -0.1) is 0 Å². The molecule has 0 spiro atoms. The zero-order valence-corrected chi connectivity index (χ0v) is 11.2. The summed E-state index contributed by atoms with van der Waals surface area (Å²) in [7, 11) is 0. The number of hydrogen-bond donors (Lipinski definition) is 1. The van der Waals surface area contributed by atoms with Crippen molar-refractivity contribution in [3.63, 3.8) is 0 Å². The number of amides is 1. The van der Waals surface area contributed by atoms with Crippen LogP contribution >= 0.6 is 0 Å². The number of carbonyl (C=O) groups is 1. The van der Waals surface area contributed by atoms with Crippen molar-refractivity contribution in [2.45, 2.75) is 45.1 Å². The van der Waals surface area contributed by atoms with E-state index in [1.54, 1.807) is 20.8 Å². The molecule has 2 atom stereocenters. The van der Waals surface area contributed by atoms with Gasteiger partial charge in [-0.2, -0.15) is 0 Å². The largest absolute Gasteiger partial charge is 0.438 e. The Kier molecular flexibility index (Phi) is 2.86. The zero-order valence-electron chi connectivity index (χ0n) is 11.2. The van der Waals surface area contributed by atoms with Gasteiger partial charge in [0.25, 0.3) is 0 Å². The molecule has 0 bridgehead atoms. The highest BCUT2D eigenvalue weighted by atomic mass is 16.6. The van der Waals surface area contributed by atoms with Gasteiger partial charge in [0.05, 0.1) is 6.04 Å². The first-order valence-electron chi connectivity index (χ1n) is 6.07. The van der Waals surface area contributed by atoms with Crippen molar-refractivity contribution in [2.24, 2.45) is 0 Å². The molecule has 0 radical (unpaired) electrons. The van der Waals surface area contributed by atoms with Gasteiger partial charge in [0, 0.05) is 0 Å². The Bertz CT molecular complexity index is 453. The molecule has 1 saturated heterocycles. The van der Waals surface area contributed by atoms with Crippen LogP contribution in [0.2, 0.25) is 0 Å². The number of ether oxygens (including phenoxy) is 1. The monoisotopic (exact) mass is 249 g/mol. The third-order valence-electron chi connectivity index (χ3n) is 3.82. The summed E-state index contributed by atoms with van der Waals surface area (Å²) in [6, 6.07) is 9.36. The molecule has 0 aliphatic carbocycles. The average molecular weight is 249 g/mol. The van der Waals surface area contributed by atoms with Crippen LogP contribution in [0.5, 0.6) is 0 Å². The maximum atomic E-state index is 12.0. The minimum Gasteiger partial charge on any atom is -0.438 e. The second-order valence-corrected chi connectivity index (χ2v) is 5.36. The molecule has 1 aliphatic rings. The van der Waals surface area contributed by atoms with Crippen molar-refractivity contribution >= 4 is 6.09 Å². The maximum Gasteiger partial charge on any atom is 0.413 e. The Labute approximate surface area is 107 Å². The molecule has 4 heteroatoms. The van der Waals surface area contributed by atoms with Gasteiger partial charge >= 0.3 is 6.09 Å². The van der Waals surface area contributed by atoms with Crippen LogP contribution in [-0.2, 0) is 4.74 Å². The van der Waals surface area contributed by atoms with E-state index in [1.165, 1.54) is 4.90 Å². The van der Waals surface area contributed by atoms with Crippen molar-refractivity contribution in [3.8, 4) is 0 Å². The van der Waals surface area contributed by atoms with E-state index in [-0.39, 0.29) is 6.04 Å². The Balaban J connectivity index is 2.37. The van der Waals surface area contributed by atoms with Crippen molar-refractivity contribution in [3.05, 3.63) is 35.9 Å². The van der Waals surface area contributed by atoms with Crippen LogP contribution < -0.4 is 0 Å². The minimum atomic E-state index is -1.33. The third kappa shape index (κ3) is 1.77. The van der Waals surface area contributed by atoms with Crippen molar-refractivity contribution < 1.29 is 14.6 Å². The van der Waals surface area contributed by atoms with E-state index in [4.69, 9.17) is 4.74 Å². The summed E-state index contributed by atoms with van der Waals surface area (Å²) in [6.45, 7) is 6.91. The second-order valence-electron chi connectivity index (χ2n) is 5.36. The number of rotatable bonds is 2. The average Bonchev–Trinajstić information content (AvgIpc) is 2.44. The highest BCUT2D eigenvalue weighted by Gasteiger charge is 2.58. The van der Waals surface area contributed by atoms with Crippen LogP contribution in [0.3, 0.4) is 0 Å². The minimum absolute atomic E-state index is 0.240. The van der Waals surface area contributed by atoms with Crippen LogP contribution in [0.15, 0.2) is 30.3 Å². The summed E-state index contributed by atoms with van der Waals surface area (Å²) in [5, 5.41) is 10.6. The summed E-state index contributed by atoms with van der Waals surface area (Å²) >= 11 is 0. The van der Waals surface area contributed by atoms with E-state index in [0.29, 0.717) is 0 Å². The number of hydrogen-bond acceptors (Lipinski definition) is 3. The van der Waals surface area contributed by atoms with Crippen LogP contribution in [0.4, 0.5) is 4.79 Å². The molecule has 1 heterocycles. The molecule has 2 rings (SSSR count). The lowest BCUT2D eigenvalue weighted by molar-refractivity contribution is -0.136. The zero-order chi connectivity index (χ0) is 13.6. The SMILES string of the molecule is C[C@H](c1ccccc1)N1C(=O)OC(C)(C)[C@]1(C)O. The van der Waals surface area contributed by atoms with E-state index < -0.39 is 17.4 Å². The smallest absolute Gasteiger partial charge is 0.413 e. The van der Waals surface area contributed by atoms with E-state index in [9.17, 15) is 9.90 Å². The summed E-state index contributed by atoms with van der Waals surface area (Å²) in [5.74, 6) is 0. The lowest BCUT2D eigenvalue weighted by atomic mass is 9.94. The molecule has 4 nitrogen and oxygen atoms in total. The van der Waals surface area contributed by atoms with Crippen LogP contribution in [0.25, 0.3) is 0 Å². The molecule has 0 aromatic heterocycles. The normalized spacial score (nSPS) is 28.1. The first-order valence-corrected chi connectivity index (χ1v) is 6.07. The molecule has 1 aromatic carbocycles. The summed E-state index contributed by atoms with van der Waals surface area (Å²) < 4.78 is 5.26. The Morgan fingerprint density at radius 3 is 2.22 bits per heavy atom. The van der Waals surface area contributed by atoms with Crippen LogP contribution in [0.1, 0.15) is 39.3 Å². The molecule has 1 aromatic rings. The van der Waals surface area contributed by atoms with Crippen LogP contribution in [-0.4, -0.2) is 27.4 Å². The van der Waals surface area contributed by atoms with Gasteiger partial charge in [-0.05, 0) is 33.3 Å². The predicted octanol–water partition coefficient (Wildman–Crippen LogP) is 2.69. The van der Waals surface area contributed by atoms with Gasteiger partial charge in [-0.3, -0.25) is 4.90 Å². The molecule has 1 N–H and O–H groups in total.